The van der Waals surface area contributed by atoms with Gasteiger partial charge in [0, 0.05) is 38.4 Å². The van der Waals surface area contributed by atoms with E-state index in [9.17, 15) is 4.79 Å². The highest BCUT2D eigenvalue weighted by molar-refractivity contribution is 6.18. The van der Waals surface area contributed by atoms with Crippen molar-refractivity contribution in [2.75, 3.05) is 38.0 Å². The summed E-state index contributed by atoms with van der Waals surface area (Å²) in [5.41, 5.74) is 1.41. The Kier molecular flexibility index (Phi) is 4.79. The van der Waals surface area contributed by atoms with E-state index in [1.807, 2.05) is 62.0 Å². The number of rotatable bonds is 3. The summed E-state index contributed by atoms with van der Waals surface area (Å²) in [5, 5.41) is 0. The highest BCUT2D eigenvalue weighted by atomic mass is 35.5. The Hall–Kier alpha value is -1.26. The number of alkyl halides is 1. The number of benzene rings is 1. The summed E-state index contributed by atoms with van der Waals surface area (Å²) >= 11 is 5.91. The van der Waals surface area contributed by atoms with Crippen LogP contribution < -0.4 is 4.90 Å². The molecule has 116 valence electrons. The van der Waals surface area contributed by atoms with Crippen LogP contribution in [0.4, 0.5) is 5.69 Å². The molecule has 5 heteroatoms. The third-order valence-electron chi connectivity index (χ3n) is 3.57. The van der Waals surface area contributed by atoms with Crippen molar-refractivity contribution in [1.29, 1.82) is 0 Å². The lowest BCUT2D eigenvalue weighted by molar-refractivity contribution is -0.117. The largest absolute Gasteiger partial charge is 0.378 e. The molecule has 1 aliphatic rings. The van der Waals surface area contributed by atoms with E-state index in [4.69, 9.17) is 16.3 Å². The summed E-state index contributed by atoms with van der Waals surface area (Å²) in [5.74, 6) is 0.430. The Morgan fingerprint density at radius 1 is 1.38 bits per heavy atom. The quantitative estimate of drug-likeness (QED) is 0.805. The molecule has 21 heavy (non-hydrogen) atoms. The molecule has 0 N–H and O–H groups in total. The van der Waals surface area contributed by atoms with Crippen molar-refractivity contribution in [2.45, 2.75) is 25.6 Å². The van der Waals surface area contributed by atoms with Gasteiger partial charge in [-0.15, -0.1) is 11.6 Å². The molecule has 0 aliphatic carbocycles. The molecule has 1 atom stereocenters. The lowest BCUT2D eigenvalue weighted by Gasteiger charge is -2.42. The van der Waals surface area contributed by atoms with Crippen LogP contribution in [0.1, 0.15) is 24.2 Å². The van der Waals surface area contributed by atoms with E-state index < -0.39 is 0 Å². The molecule has 1 aliphatic heterocycles. The zero-order valence-corrected chi connectivity index (χ0v) is 13.9. The van der Waals surface area contributed by atoms with Crippen LogP contribution >= 0.6 is 11.6 Å². The van der Waals surface area contributed by atoms with E-state index in [-0.39, 0.29) is 17.6 Å². The molecule has 1 aromatic rings. The lowest BCUT2D eigenvalue weighted by atomic mass is 10.0. The number of amides is 1. The zero-order chi connectivity index (χ0) is 15.6. The molecule has 0 saturated carbocycles. The Bertz CT molecular complexity index is 500. The Labute approximate surface area is 131 Å². The van der Waals surface area contributed by atoms with Crippen molar-refractivity contribution in [3.63, 3.8) is 0 Å². The summed E-state index contributed by atoms with van der Waals surface area (Å²) in [6, 6.07) is 7.65. The zero-order valence-electron chi connectivity index (χ0n) is 13.1. The van der Waals surface area contributed by atoms with Gasteiger partial charge in [0.2, 0.25) is 0 Å². The fourth-order valence-electron chi connectivity index (χ4n) is 2.62. The molecule has 0 aromatic heterocycles. The fraction of sp³-hybridized carbons (Fsp3) is 0.562. The summed E-state index contributed by atoms with van der Waals surface area (Å²) in [6.45, 7) is 5.10. The second kappa shape index (κ2) is 6.24. The maximum absolute atomic E-state index is 12.6. The average Bonchev–Trinajstić information content (AvgIpc) is 2.44. The lowest BCUT2D eigenvalue weighted by Crippen LogP contribution is -2.55. The minimum absolute atomic E-state index is 0.0341. The monoisotopic (exact) mass is 310 g/mol. The second-order valence-electron chi connectivity index (χ2n) is 6.28. The first kappa shape index (κ1) is 16.1. The van der Waals surface area contributed by atoms with E-state index >= 15 is 0 Å². The molecule has 1 aromatic carbocycles. The van der Waals surface area contributed by atoms with Crippen molar-refractivity contribution >= 4 is 23.2 Å². The van der Waals surface area contributed by atoms with Crippen molar-refractivity contribution < 1.29 is 9.53 Å². The molecule has 2 rings (SSSR count). The predicted octanol–water partition coefficient (Wildman–Crippen LogP) is 2.61. The number of morpholine rings is 1. The number of carbonyl (C=O) groups excluding carboxylic acids is 1. The van der Waals surface area contributed by atoms with Crippen LogP contribution in [-0.2, 0) is 4.74 Å². The van der Waals surface area contributed by atoms with Crippen molar-refractivity contribution in [3.05, 3.63) is 29.8 Å². The van der Waals surface area contributed by atoms with E-state index in [2.05, 4.69) is 0 Å². The van der Waals surface area contributed by atoms with Gasteiger partial charge in [-0.05, 0) is 38.1 Å². The van der Waals surface area contributed by atoms with E-state index in [1.165, 1.54) is 0 Å². The smallest absolute Gasteiger partial charge is 0.254 e. The molecule has 1 fully saturated rings. The summed E-state index contributed by atoms with van der Waals surface area (Å²) in [4.78, 5) is 16.5. The Morgan fingerprint density at radius 3 is 2.52 bits per heavy atom. The van der Waals surface area contributed by atoms with Gasteiger partial charge in [-0.25, -0.2) is 0 Å². The fourth-order valence-corrected chi connectivity index (χ4v) is 2.78. The molecular weight excluding hydrogens is 288 g/mol. The van der Waals surface area contributed by atoms with E-state index in [0.29, 0.717) is 24.5 Å². The number of carbonyl (C=O) groups is 1. The SMILES string of the molecule is CN(C)c1ccc(C(=O)N2CC(CCl)OC(C)(C)C2)cc1. The first-order chi connectivity index (χ1) is 9.82. The molecule has 4 nitrogen and oxygen atoms in total. The maximum atomic E-state index is 12.6. The van der Waals surface area contributed by atoms with Crippen LogP contribution in [0.2, 0.25) is 0 Å². The molecule has 0 bridgehead atoms. The summed E-state index contributed by atoms with van der Waals surface area (Å²) in [6.07, 6.45) is -0.111. The van der Waals surface area contributed by atoms with Crippen LogP contribution in [0.3, 0.4) is 0 Å². The predicted molar refractivity (Wildman–Crippen MR) is 86.3 cm³/mol. The van der Waals surface area contributed by atoms with Gasteiger partial charge in [0.05, 0.1) is 17.6 Å². The van der Waals surface area contributed by atoms with Crippen molar-refractivity contribution in [3.8, 4) is 0 Å². The first-order valence-electron chi connectivity index (χ1n) is 7.13. The highest BCUT2D eigenvalue weighted by Crippen LogP contribution is 2.23. The maximum Gasteiger partial charge on any atom is 0.254 e. The third kappa shape index (κ3) is 3.89. The summed E-state index contributed by atoms with van der Waals surface area (Å²) in [7, 11) is 3.96. The molecule has 1 saturated heterocycles. The second-order valence-corrected chi connectivity index (χ2v) is 6.59. The van der Waals surface area contributed by atoms with Crippen LogP contribution in [0.5, 0.6) is 0 Å². The van der Waals surface area contributed by atoms with Gasteiger partial charge in [0.25, 0.3) is 5.91 Å². The Morgan fingerprint density at radius 2 is 2.00 bits per heavy atom. The molecule has 1 unspecified atom stereocenters. The van der Waals surface area contributed by atoms with Crippen LogP contribution in [0.15, 0.2) is 24.3 Å². The van der Waals surface area contributed by atoms with Crippen LogP contribution in [-0.4, -0.2) is 55.6 Å². The number of ether oxygens (including phenoxy) is 1. The minimum atomic E-state index is -0.364. The van der Waals surface area contributed by atoms with E-state index in [0.717, 1.165) is 5.69 Å². The number of nitrogens with zero attached hydrogens (tertiary/aromatic N) is 2. The van der Waals surface area contributed by atoms with Crippen LogP contribution in [0.25, 0.3) is 0 Å². The Balaban J connectivity index is 2.14. The average molecular weight is 311 g/mol. The third-order valence-corrected chi connectivity index (χ3v) is 3.92. The van der Waals surface area contributed by atoms with Crippen molar-refractivity contribution in [1.82, 2.24) is 4.90 Å². The van der Waals surface area contributed by atoms with E-state index in [1.54, 1.807) is 0 Å². The number of hydrogen-bond acceptors (Lipinski definition) is 3. The van der Waals surface area contributed by atoms with Gasteiger partial charge in [-0.1, -0.05) is 0 Å². The number of halogens is 1. The molecule has 1 heterocycles. The standard InChI is InChI=1S/C16H23ClN2O2/c1-16(2)11-19(10-14(9-17)21-16)15(20)12-5-7-13(8-6-12)18(3)4/h5-8,14H,9-11H2,1-4H3. The van der Waals surface area contributed by atoms with Gasteiger partial charge in [0.1, 0.15) is 0 Å². The van der Waals surface area contributed by atoms with Crippen molar-refractivity contribution in [2.24, 2.45) is 0 Å². The minimum Gasteiger partial charge on any atom is -0.378 e. The van der Waals surface area contributed by atoms with Crippen LogP contribution in [0, 0.1) is 0 Å². The number of hydrogen-bond donors (Lipinski definition) is 0. The molecule has 0 spiro atoms. The molecular formula is C16H23ClN2O2. The molecule has 0 radical (unpaired) electrons. The van der Waals surface area contributed by atoms with Gasteiger partial charge < -0.3 is 14.5 Å². The first-order valence-corrected chi connectivity index (χ1v) is 7.66. The van der Waals surface area contributed by atoms with Gasteiger partial charge in [-0.3, -0.25) is 4.79 Å². The normalized spacial score (nSPS) is 21.2. The number of anilines is 1. The molecule has 1 amide bonds. The topological polar surface area (TPSA) is 32.8 Å². The summed E-state index contributed by atoms with van der Waals surface area (Å²) < 4.78 is 5.86. The van der Waals surface area contributed by atoms with Gasteiger partial charge >= 0.3 is 0 Å². The van der Waals surface area contributed by atoms with Gasteiger partial charge in [-0.2, -0.15) is 0 Å². The highest BCUT2D eigenvalue weighted by Gasteiger charge is 2.35. The van der Waals surface area contributed by atoms with Gasteiger partial charge in [0.15, 0.2) is 0 Å².